The molecule has 1 unspecified atom stereocenters. The Morgan fingerprint density at radius 1 is 1.11 bits per heavy atom. The second-order valence-corrected chi connectivity index (χ2v) is 4.74. The van der Waals surface area contributed by atoms with Crippen LogP contribution >= 0.6 is 0 Å². The van der Waals surface area contributed by atoms with Crippen LogP contribution in [0.1, 0.15) is 18.4 Å². The van der Waals surface area contributed by atoms with E-state index in [9.17, 15) is 0 Å². The molecule has 0 aromatic heterocycles. The zero-order valence-electron chi connectivity index (χ0n) is 10.5. The van der Waals surface area contributed by atoms with Crippen molar-refractivity contribution in [3.05, 3.63) is 23.8 Å². The minimum Gasteiger partial charge on any atom is -0.486 e. The SMILES string of the molecule is c1cc2c(cc1CNCC1CCCO1)OCCO2. The maximum atomic E-state index is 5.57. The summed E-state index contributed by atoms with van der Waals surface area (Å²) in [5.74, 6) is 1.71. The Balaban J connectivity index is 1.52. The second-order valence-electron chi connectivity index (χ2n) is 4.74. The largest absolute Gasteiger partial charge is 0.486 e. The molecule has 0 aliphatic carbocycles. The number of rotatable bonds is 4. The topological polar surface area (TPSA) is 39.7 Å². The normalized spacial score (nSPS) is 22.1. The summed E-state index contributed by atoms with van der Waals surface area (Å²) in [6.07, 6.45) is 2.76. The van der Waals surface area contributed by atoms with Crippen LogP contribution in [0.3, 0.4) is 0 Å². The van der Waals surface area contributed by atoms with Gasteiger partial charge in [0.05, 0.1) is 6.10 Å². The molecule has 3 rings (SSSR count). The van der Waals surface area contributed by atoms with Crippen LogP contribution in [0.15, 0.2) is 18.2 Å². The van der Waals surface area contributed by atoms with E-state index in [2.05, 4.69) is 17.4 Å². The number of hydrogen-bond acceptors (Lipinski definition) is 4. The van der Waals surface area contributed by atoms with E-state index in [1.54, 1.807) is 0 Å². The number of hydrogen-bond donors (Lipinski definition) is 1. The molecule has 4 nitrogen and oxygen atoms in total. The van der Waals surface area contributed by atoms with Gasteiger partial charge in [-0.15, -0.1) is 0 Å². The Morgan fingerprint density at radius 2 is 2.00 bits per heavy atom. The molecular weight excluding hydrogens is 230 g/mol. The summed E-state index contributed by atoms with van der Waals surface area (Å²) in [5, 5.41) is 3.43. The Kier molecular flexibility index (Phi) is 3.67. The van der Waals surface area contributed by atoms with Crippen molar-refractivity contribution < 1.29 is 14.2 Å². The molecule has 1 fully saturated rings. The molecule has 1 aromatic rings. The fourth-order valence-electron chi connectivity index (χ4n) is 2.38. The highest BCUT2D eigenvalue weighted by atomic mass is 16.6. The summed E-state index contributed by atoms with van der Waals surface area (Å²) in [4.78, 5) is 0. The lowest BCUT2D eigenvalue weighted by atomic mass is 10.2. The molecule has 0 bridgehead atoms. The van der Waals surface area contributed by atoms with E-state index in [-0.39, 0.29) is 0 Å². The van der Waals surface area contributed by atoms with Crippen molar-refractivity contribution in [2.45, 2.75) is 25.5 Å². The predicted octanol–water partition coefficient (Wildman–Crippen LogP) is 1.73. The molecule has 2 heterocycles. The summed E-state index contributed by atoms with van der Waals surface area (Å²) in [6, 6.07) is 6.12. The Bertz CT molecular complexity index is 402. The van der Waals surface area contributed by atoms with E-state index >= 15 is 0 Å². The van der Waals surface area contributed by atoms with Gasteiger partial charge in [0.1, 0.15) is 13.2 Å². The second kappa shape index (κ2) is 5.59. The highest BCUT2D eigenvalue weighted by Gasteiger charge is 2.15. The quantitative estimate of drug-likeness (QED) is 0.882. The van der Waals surface area contributed by atoms with Crippen molar-refractivity contribution in [2.75, 3.05) is 26.4 Å². The van der Waals surface area contributed by atoms with Crippen LogP contribution in [0.4, 0.5) is 0 Å². The molecule has 0 spiro atoms. The van der Waals surface area contributed by atoms with Crippen LogP contribution in [-0.2, 0) is 11.3 Å². The molecule has 0 amide bonds. The van der Waals surface area contributed by atoms with Crippen LogP contribution in [0.5, 0.6) is 11.5 Å². The molecule has 2 aliphatic heterocycles. The number of benzene rings is 1. The molecule has 2 aliphatic rings. The fourth-order valence-corrected chi connectivity index (χ4v) is 2.38. The van der Waals surface area contributed by atoms with Gasteiger partial charge in [0.2, 0.25) is 0 Å². The summed E-state index contributed by atoms with van der Waals surface area (Å²) in [6.45, 7) is 3.96. The highest BCUT2D eigenvalue weighted by Crippen LogP contribution is 2.30. The summed E-state index contributed by atoms with van der Waals surface area (Å²) >= 11 is 0. The first kappa shape index (κ1) is 11.8. The summed E-state index contributed by atoms with van der Waals surface area (Å²) < 4.78 is 16.6. The smallest absolute Gasteiger partial charge is 0.161 e. The van der Waals surface area contributed by atoms with Crippen molar-refractivity contribution in [1.29, 1.82) is 0 Å². The lowest BCUT2D eigenvalue weighted by Gasteiger charge is -2.19. The van der Waals surface area contributed by atoms with Crippen LogP contribution in [0, 0.1) is 0 Å². The third-order valence-corrected chi connectivity index (χ3v) is 3.33. The predicted molar refractivity (Wildman–Crippen MR) is 68.1 cm³/mol. The molecule has 1 saturated heterocycles. The third-order valence-electron chi connectivity index (χ3n) is 3.33. The van der Waals surface area contributed by atoms with Crippen molar-refractivity contribution in [3.63, 3.8) is 0 Å². The van der Waals surface area contributed by atoms with Gasteiger partial charge in [-0.25, -0.2) is 0 Å². The molecule has 1 aromatic carbocycles. The van der Waals surface area contributed by atoms with E-state index in [1.807, 2.05) is 6.07 Å². The van der Waals surface area contributed by atoms with E-state index in [4.69, 9.17) is 14.2 Å². The van der Waals surface area contributed by atoms with Gasteiger partial charge in [-0.1, -0.05) is 6.07 Å². The fraction of sp³-hybridized carbons (Fsp3) is 0.571. The average molecular weight is 249 g/mol. The van der Waals surface area contributed by atoms with Gasteiger partial charge in [-0.2, -0.15) is 0 Å². The Hall–Kier alpha value is -1.26. The first-order chi connectivity index (χ1) is 8.92. The molecule has 0 radical (unpaired) electrons. The van der Waals surface area contributed by atoms with Gasteiger partial charge in [-0.3, -0.25) is 0 Å². The van der Waals surface area contributed by atoms with Gasteiger partial charge in [0.25, 0.3) is 0 Å². The van der Waals surface area contributed by atoms with Crippen molar-refractivity contribution in [1.82, 2.24) is 5.32 Å². The van der Waals surface area contributed by atoms with E-state index < -0.39 is 0 Å². The van der Waals surface area contributed by atoms with E-state index in [0.29, 0.717) is 19.3 Å². The Labute approximate surface area is 107 Å². The maximum absolute atomic E-state index is 5.57. The van der Waals surface area contributed by atoms with Gasteiger partial charge in [0.15, 0.2) is 11.5 Å². The molecule has 1 atom stereocenters. The number of ether oxygens (including phenoxy) is 3. The average Bonchev–Trinajstić information content (AvgIpc) is 2.92. The van der Waals surface area contributed by atoms with Crippen molar-refractivity contribution in [3.8, 4) is 11.5 Å². The van der Waals surface area contributed by atoms with E-state index in [0.717, 1.165) is 31.2 Å². The molecular formula is C14H19NO3. The zero-order chi connectivity index (χ0) is 12.2. The van der Waals surface area contributed by atoms with Crippen molar-refractivity contribution >= 4 is 0 Å². The molecule has 4 heteroatoms. The molecule has 98 valence electrons. The summed E-state index contributed by atoms with van der Waals surface area (Å²) in [7, 11) is 0. The maximum Gasteiger partial charge on any atom is 0.161 e. The van der Waals surface area contributed by atoms with Crippen LogP contribution in [0.25, 0.3) is 0 Å². The summed E-state index contributed by atoms with van der Waals surface area (Å²) in [5.41, 5.74) is 1.22. The van der Waals surface area contributed by atoms with Gasteiger partial charge < -0.3 is 19.5 Å². The minimum absolute atomic E-state index is 0.391. The Morgan fingerprint density at radius 3 is 2.83 bits per heavy atom. The molecule has 0 saturated carbocycles. The first-order valence-electron chi connectivity index (χ1n) is 6.63. The van der Waals surface area contributed by atoms with Crippen LogP contribution in [0.2, 0.25) is 0 Å². The van der Waals surface area contributed by atoms with E-state index in [1.165, 1.54) is 18.4 Å². The minimum atomic E-state index is 0.391. The van der Waals surface area contributed by atoms with Crippen LogP contribution in [-0.4, -0.2) is 32.5 Å². The highest BCUT2D eigenvalue weighted by molar-refractivity contribution is 5.43. The van der Waals surface area contributed by atoms with Gasteiger partial charge in [-0.05, 0) is 30.5 Å². The van der Waals surface area contributed by atoms with Crippen LogP contribution < -0.4 is 14.8 Å². The molecule has 1 N–H and O–H groups in total. The standard InChI is InChI=1S/C14H19NO3/c1-2-12(16-5-1)10-15-9-11-3-4-13-14(8-11)18-7-6-17-13/h3-4,8,12,15H,1-2,5-7,9-10H2. The monoisotopic (exact) mass is 249 g/mol. The third kappa shape index (κ3) is 2.76. The molecule has 18 heavy (non-hydrogen) atoms. The number of fused-ring (bicyclic) bond motifs is 1. The zero-order valence-corrected chi connectivity index (χ0v) is 10.5. The van der Waals surface area contributed by atoms with Gasteiger partial charge in [0, 0.05) is 19.7 Å². The first-order valence-corrected chi connectivity index (χ1v) is 6.63. The van der Waals surface area contributed by atoms with Crippen molar-refractivity contribution in [2.24, 2.45) is 0 Å². The lowest BCUT2D eigenvalue weighted by Crippen LogP contribution is -2.25. The lowest BCUT2D eigenvalue weighted by molar-refractivity contribution is 0.110. The van der Waals surface area contributed by atoms with Gasteiger partial charge >= 0.3 is 0 Å². The number of nitrogens with one attached hydrogen (secondary N) is 1.